The van der Waals surface area contributed by atoms with Crippen molar-refractivity contribution in [2.24, 2.45) is 0 Å². The molecule has 0 aliphatic rings. The summed E-state index contributed by atoms with van der Waals surface area (Å²) in [7, 11) is 0. The van der Waals surface area contributed by atoms with Crippen molar-refractivity contribution in [2.45, 2.75) is 27.7 Å². The highest BCUT2D eigenvalue weighted by atomic mass is 16.5. The molecule has 132 valence electrons. The third kappa shape index (κ3) is 6.37. The number of aryl methyl sites for hydroxylation is 2. The topological polar surface area (TPSA) is 87.7 Å². The van der Waals surface area contributed by atoms with Gasteiger partial charge in [-0.3, -0.25) is 19.8 Å². The van der Waals surface area contributed by atoms with Crippen LogP contribution in [0.15, 0.2) is 18.2 Å². The number of hydrogen-bond acceptors (Lipinski definition) is 5. The van der Waals surface area contributed by atoms with Crippen molar-refractivity contribution in [3.63, 3.8) is 0 Å². The van der Waals surface area contributed by atoms with E-state index in [1.54, 1.807) is 11.8 Å². The number of nitrogens with one attached hydrogen (secondary N) is 2. The molecule has 7 heteroatoms. The summed E-state index contributed by atoms with van der Waals surface area (Å²) in [5.41, 5.74) is 2.74. The lowest BCUT2D eigenvalue weighted by Crippen LogP contribution is -2.43. The number of carbonyl (C=O) groups is 3. The Morgan fingerprint density at radius 1 is 1.04 bits per heavy atom. The molecule has 1 aromatic rings. The Bertz CT molecular complexity index is 581. The lowest BCUT2D eigenvalue weighted by molar-refractivity contribution is -0.122. The van der Waals surface area contributed by atoms with Crippen LogP contribution in [0.25, 0.3) is 0 Å². The number of rotatable bonds is 7. The first-order valence-electron chi connectivity index (χ1n) is 7.92. The molecule has 0 saturated heterocycles. The number of benzene rings is 1. The van der Waals surface area contributed by atoms with Crippen molar-refractivity contribution in [3.05, 3.63) is 29.3 Å². The van der Waals surface area contributed by atoms with Crippen molar-refractivity contribution >= 4 is 23.6 Å². The first-order valence-corrected chi connectivity index (χ1v) is 7.92. The van der Waals surface area contributed by atoms with E-state index in [9.17, 15) is 14.4 Å². The van der Waals surface area contributed by atoms with Gasteiger partial charge in [0.2, 0.25) is 11.8 Å². The number of imide groups is 1. The fourth-order valence-electron chi connectivity index (χ4n) is 2.20. The second-order valence-corrected chi connectivity index (χ2v) is 5.39. The Hall–Kier alpha value is -2.41. The van der Waals surface area contributed by atoms with Crippen LogP contribution in [0, 0.1) is 13.8 Å². The zero-order chi connectivity index (χ0) is 18.1. The standard InChI is InChI=1S/C17H25N3O4/c1-5-20(11-15(22)19-17(23)24-6-2)10-14(21)18-16-12(3)8-7-9-13(16)4/h7-9H,5-6,10-11H2,1-4H3,(H,18,21)(H,19,22,23). The van der Waals surface area contributed by atoms with Gasteiger partial charge in [0.15, 0.2) is 0 Å². The van der Waals surface area contributed by atoms with E-state index in [4.69, 9.17) is 0 Å². The number of amides is 3. The predicted molar refractivity (Wildman–Crippen MR) is 91.8 cm³/mol. The third-order valence-electron chi connectivity index (χ3n) is 3.44. The van der Waals surface area contributed by atoms with Crippen LogP contribution in [-0.2, 0) is 14.3 Å². The molecular formula is C17H25N3O4. The Morgan fingerprint density at radius 2 is 1.62 bits per heavy atom. The van der Waals surface area contributed by atoms with Gasteiger partial charge >= 0.3 is 6.09 Å². The number of likely N-dealkylation sites (N-methyl/N-ethyl adjacent to an activating group) is 1. The van der Waals surface area contributed by atoms with Crippen LogP contribution >= 0.6 is 0 Å². The zero-order valence-electron chi connectivity index (χ0n) is 14.6. The van der Waals surface area contributed by atoms with Gasteiger partial charge in [-0.15, -0.1) is 0 Å². The Morgan fingerprint density at radius 3 is 2.17 bits per heavy atom. The van der Waals surface area contributed by atoms with Crippen LogP contribution in [0.2, 0.25) is 0 Å². The molecule has 0 spiro atoms. The average Bonchev–Trinajstić information content (AvgIpc) is 2.50. The number of para-hydroxylation sites is 1. The molecule has 0 aromatic heterocycles. The van der Waals surface area contributed by atoms with E-state index >= 15 is 0 Å². The van der Waals surface area contributed by atoms with Crippen molar-refractivity contribution in [1.82, 2.24) is 10.2 Å². The SMILES string of the molecule is CCOC(=O)NC(=O)CN(CC)CC(=O)Nc1c(C)cccc1C. The minimum absolute atomic E-state index is 0.0561. The Kier molecular flexibility index (Phi) is 7.91. The van der Waals surface area contributed by atoms with Crippen molar-refractivity contribution in [1.29, 1.82) is 0 Å². The summed E-state index contributed by atoms with van der Waals surface area (Å²) in [6.45, 7) is 8.02. The molecule has 0 heterocycles. The van der Waals surface area contributed by atoms with Crippen LogP contribution in [0.1, 0.15) is 25.0 Å². The molecule has 0 saturated carbocycles. The summed E-state index contributed by atoms with van der Waals surface area (Å²) in [5.74, 6) is -0.714. The molecule has 3 amide bonds. The summed E-state index contributed by atoms with van der Waals surface area (Å²) in [4.78, 5) is 36.8. The van der Waals surface area contributed by atoms with E-state index in [1.165, 1.54) is 0 Å². The third-order valence-corrected chi connectivity index (χ3v) is 3.44. The maximum absolute atomic E-state index is 12.2. The Labute approximate surface area is 142 Å². The molecule has 0 atom stereocenters. The van der Waals surface area contributed by atoms with Gasteiger partial charge in [-0.1, -0.05) is 25.1 Å². The number of hydrogen-bond donors (Lipinski definition) is 2. The van der Waals surface area contributed by atoms with Crippen molar-refractivity contribution in [3.8, 4) is 0 Å². The van der Waals surface area contributed by atoms with Gasteiger partial charge < -0.3 is 10.1 Å². The van der Waals surface area contributed by atoms with E-state index in [-0.39, 0.29) is 25.6 Å². The van der Waals surface area contributed by atoms with Gasteiger partial charge in [0.1, 0.15) is 0 Å². The molecule has 0 unspecified atom stereocenters. The number of ether oxygens (including phenoxy) is 1. The molecule has 0 aliphatic heterocycles. The normalized spacial score (nSPS) is 10.4. The lowest BCUT2D eigenvalue weighted by atomic mass is 10.1. The second kappa shape index (κ2) is 9.67. The van der Waals surface area contributed by atoms with Gasteiger partial charge in [-0.05, 0) is 38.4 Å². The summed E-state index contributed by atoms with van der Waals surface area (Å²) in [6.07, 6.45) is -0.779. The van der Waals surface area contributed by atoms with Crippen molar-refractivity contribution < 1.29 is 19.1 Å². The smallest absolute Gasteiger partial charge is 0.413 e. The van der Waals surface area contributed by atoms with Gasteiger partial charge in [0.05, 0.1) is 19.7 Å². The second-order valence-electron chi connectivity index (χ2n) is 5.39. The largest absolute Gasteiger partial charge is 0.450 e. The predicted octanol–water partition coefficient (Wildman–Crippen LogP) is 1.84. The molecule has 0 aliphatic carbocycles. The van der Waals surface area contributed by atoms with E-state index in [2.05, 4.69) is 15.4 Å². The average molecular weight is 335 g/mol. The zero-order valence-corrected chi connectivity index (χ0v) is 14.6. The highest BCUT2D eigenvalue weighted by molar-refractivity contribution is 5.95. The highest BCUT2D eigenvalue weighted by Gasteiger charge is 2.16. The summed E-state index contributed by atoms with van der Waals surface area (Å²) < 4.78 is 4.65. The first kappa shape index (κ1) is 19.6. The van der Waals surface area contributed by atoms with Gasteiger partial charge in [0.25, 0.3) is 0 Å². The monoisotopic (exact) mass is 335 g/mol. The van der Waals surface area contributed by atoms with Gasteiger partial charge in [0, 0.05) is 5.69 Å². The van der Waals surface area contributed by atoms with E-state index < -0.39 is 12.0 Å². The molecular weight excluding hydrogens is 310 g/mol. The lowest BCUT2D eigenvalue weighted by Gasteiger charge is -2.20. The van der Waals surface area contributed by atoms with Crippen molar-refractivity contribution in [2.75, 3.05) is 31.6 Å². The highest BCUT2D eigenvalue weighted by Crippen LogP contribution is 2.19. The summed E-state index contributed by atoms with van der Waals surface area (Å²) in [6, 6.07) is 5.78. The molecule has 1 rings (SSSR count). The maximum atomic E-state index is 12.2. The Balaban J connectivity index is 2.57. The fraction of sp³-hybridized carbons (Fsp3) is 0.471. The van der Waals surface area contributed by atoms with Crippen LogP contribution in [0.3, 0.4) is 0 Å². The van der Waals surface area contributed by atoms with Crippen LogP contribution in [0.5, 0.6) is 0 Å². The van der Waals surface area contributed by atoms with Gasteiger partial charge in [-0.2, -0.15) is 0 Å². The quantitative estimate of drug-likeness (QED) is 0.794. The fourth-order valence-corrected chi connectivity index (χ4v) is 2.20. The van der Waals surface area contributed by atoms with E-state index in [0.717, 1.165) is 16.8 Å². The van der Waals surface area contributed by atoms with E-state index in [1.807, 2.05) is 39.0 Å². The number of nitrogens with zero attached hydrogens (tertiary/aromatic N) is 1. The molecule has 1 aromatic carbocycles. The van der Waals surface area contributed by atoms with Crippen LogP contribution in [-0.4, -0.2) is 49.0 Å². The summed E-state index contributed by atoms with van der Waals surface area (Å²) in [5, 5.41) is 4.99. The number of anilines is 1. The first-order chi connectivity index (χ1) is 11.4. The maximum Gasteiger partial charge on any atom is 0.413 e. The molecule has 24 heavy (non-hydrogen) atoms. The van der Waals surface area contributed by atoms with E-state index in [0.29, 0.717) is 6.54 Å². The molecule has 0 bridgehead atoms. The molecule has 2 N–H and O–H groups in total. The van der Waals surface area contributed by atoms with Crippen LogP contribution < -0.4 is 10.6 Å². The minimum atomic E-state index is -0.779. The van der Waals surface area contributed by atoms with Crippen LogP contribution in [0.4, 0.5) is 10.5 Å². The molecule has 0 radical (unpaired) electrons. The molecule has 7 nitrogen and oxygen atoms in total. The summed E-state index contributed by atoms with van der Waals surface area (Å²) >= 11 is 0. The minimum Gasteiger partial charge on any atom is -0.450 e. The number of carbonyl (C=O) groups excluding carboxylic acids is 3. The molecule has 0 fully saturated rings. The number of alkyl carbamates (subject to hydrolysis) is 1. The van der Waals surface area contributed by atoms with Gasteiger partial charge in [-0.25, -0.2) is 4.79 Å².